The monoisotopic (exact) mass is 338 g/mol. The molecule has 0 saturated heterocycles. The van der Waals surface area contributed by atoms with Crippen LogP contribution in [0, 0.1) is 12.8 Å². The number of carboxylic acids is 1. The van der Waals surface area contributed by atoms with Gasteiger partial charge < -0.3 is 9.63 Å². The predicted molar refractivity (Wildman–Crippen MR) is 77.4 cm³/mol. The Bertz CT molecular complexity index is 639. The molecule has 2 aromatic rings. The highest BCUT2D eigenvalue weighted by Gasteiger charge is 2.26. The number of aromatic nitrogens is 2. The second kappa shape index (κ2) is 5.75. The van der Waals surface area contributed by atoms with Crippen molar-refractivity contribution in [1.82, 2.24) is 10.1 Å². The van der Waals surface area contributed by atoms with Crippen molar-refractivity contribution in [3.63, 3.8) is 0 Å². The number of halogens is 1. The number of benzene rings is 1. The van der Waals surface area contributed by atoms with Crippen LogP contribution in [-0.4, -0.2) is 21.2 Å². The highest BCUT2D eigenvalue weighted by Crippen LogP contribution is 2.27. The second-order valence-electron chi connectivity index (χ2n) is 4.84. The van der Waals surface area contributed by atoms with Gasteiger partial charge in [0.1, 0.15) is 0 Å². The fourth-order valence-corrected chi connectivity index (χ4v) is 2.08. The van der Waals surface area contributed by atoms with Gasteiger partial charge in [-0.2, -0.15) is 4.98 Å². The lowest BCUT2D eigenvalue weighted by molar-refractivity contribution is -0.141. The molecule has 1 aromatic carbocycles. The summed E-state index contributed by atoms with van der Waals surface area (Å²) in [5.74, 6) is -0.984. The molecule has 20 heavy (non-hydrogen) atoms. The standard InChI is InChI=1S/C14H15BrN2O3/c1-7-4-5-10(6-11(7)15)12-16-13(20-17-12)8(2)9(3)14(18)19/h4-6,8-9H,1-3H3,(H,18,19). The summed E-state index contributed by atoms with van der Waals surface area (Å²) >= 11 is 3.46. The van der Waals surface area contributed by atoms with Crippen molar-refractivity contribution in [2.75, 3.05) is 0 Å². The van der Waals surface area contributed by atoms with Gasteiger partial charge in [0.25, 0.3) is 0 Å². The van der Waals surface area contributed by atoms with Crippen LogP contribution in [0.15, 0.2) is 27.2 Å². The number of aryl methyl sites for hydroxylation is 1. The Balaban J connectivity index is 2.28. The third-order valence-corrected chi connectivity index (χ3v) is 4.26. The zero-order chi connectivity index (χ0) is 14.9. The van der Waals surface area contributed by atoms with Gasteiger partial charge in [0, 0.05) is 16.0 Å². The zero-order valence-corrected chi connectivity index (χ0v) is 13.0. The van der Waals surface area contributed by atoms with Crippen molar-refractivity contribution >= 4 is 21.9 Å². The average Bonchev–Trinajstić information content (AvgIpc) is 2.89. The molecule has 106 valence electrons. The molecule has 2 unspecified atom stereocenters. The van der Waals surface area contributed by atoms with Gasteiger partial charge in [-0.3, -0.25) is 4.79 Å². The summed E-state index contributed by atoms with van der Waals surface area (Å²) in [5.41, 5.74) is 1.94. The molecular formula is C14H15BrN2O3. The zero-order valence-electron chi connectivity index (χ0n) is 11.4. The third-order valence-electron chi connectivity index (χ3n) is 3.40. The van der Waals surface area contributed by atoms with Gasteiger partial charge in [0.05, 0.1) is 5.92 Å². The quantitative estimate of drug-likeness (QED) is 0.920. The van der Waals surface area contributed by atoms with Gasteiger partial charge in [-0.15, -0.1) is 0 Å². The summed E-state index contributed by atoms with van der Waals surface area (Å²) < 4.78 is 6.15. The van der Waals surface area contributed by atoms with E-state index in [1.807, 2.05) is 25.1 Å². The molecule has 6 heteroatoms. The van der Waals surface area contributed by atoms with Crippen molar-refractivity contribution in [2.24, 2.45) is 5.92 Å². The van der Waals surface area contributed by atoms with Gasteiger partial charge in [-0.25, -0.2) is 0 Å². The van der Waals surface area contributed by atoms with E-state index in [1.54, 1.807) is 13.8 Å². The first-order valence-electron chi connectivity index (χ1n) is 6.23. The van der Waals surface area contributed by atoms with Crippen LogP contribution in [0.25, 0.3) is 11.4 Å². The maximum absolute atomic E-state index is 11.0. The molecule has 0 spiro atoms. The van der Waals surface area contributed by atoms with E-state index < -0.39 is 11.9 Å². The van der Waals surface area contributed by atoms with Crippen LogP contribution >= 0.6 is 15.9 Å². The highest BCUT2D eigenvalue weighted by atomic mass is 79.9. The Morgan fingerprint density at radius 3 is 2.70 bits per heavy atom. The Morgan fingerprint density at radius 1 is 1.40 bits per heavy atom. The molecule has 2 rings (SSSR count). The first kappa shape index (κ1) is 14.7. The molecule has 0 aliphatic rings. The maximum Gasteiger partial charge on any atom is 0.307 e. The van der Waals surface area contributed by atoms with Gasteiger partial charge in [0.15, 0.2) is 0 Å². The lowest BCUT2D eigenvalue weighted by Crippen LogP contribution is -2.16. The van der Waals surface area contributed by atoms with Gasteiger partial charge in [-0.1, -0.05) is 47.1 Å². The molecule has 5 nitrogen and oxygen atoms in total. The van der Waals surface area contributed by atoms with Crippen molar-refractivity contribution in [3.05, 3.63) is 34.1 Å². The van der Waals surface area contributed by atoms with Crippen molar-refractivity contribution in [1.29, 1.82) is 0 Å². The van der Waals surface area contributed by atoms with Crippen LogP contribution in [0.5, 0.6) is 0 Å². The van der Waals surface area contributed by atoms with Gasteiger partial charge in [-0.05, 0) is 18.6 Å². The van der Waals surface area contributed by atoms with Crippen LogP contribution in [0.2, 0.25) is 0 Å². The Hall–Kier alpha value is -1.69. The van der Waals surface area contributed by atoms with E-state index in [0.29, 0.717) is 11.7 Å². The minimum Gasteiger partial charge on any atom is -0.481 e. The smallest absolute Gasteiger partial charge is 0.307 e. The largest absolute Gasteiger partial charge is 0.481 e. The van der Waals surface area contributed by atoms with Crippen LogP contribution in [0.4, 0.5) is 0 Å². The summed E-state index contributed by atoms with van der Waals surface area (Å²) in [6.07, 6.45) is 0. The number of rotatable bonds is 4. The summed E-state index contributed by atoms with van der Waals surface area (Å²) in [5, 5.41) is 12.9. The Kier molecular flexibility index (Phi) is 4.23. The number of aliphatic carboxylic acids is 1. The van der Waals surface area contributed by atoms with E-state index in [4.69, 9.17) is 9.63 Å². The number of carboxylic acid groups (broad SMARTS) is 1. The van der Waals surface area contributed by atoms with E-state index in [2.05, 4.69) is 26.1 Å². The molecule has 0 bridgehead atoms. The summed E-state index contributed by atoms with van der Waals surface area (Å²) in [6, 6.07) is 5.77. The molecule has 0 amide bonds. The third kappa shape index (κ3) is 2.90. The first-order valence-corrected chi connectivity index (χ1v) is 7.02. The molecule has 0 fully saturated rings. The molecule has 1 aromatic heterocycles. The molecule has 0 radical (unpaired) electrons. The molecule has 1 N–H and O–H groups in total. The lowest BCUT2D eigenvalue weighted by atomic mass is 9.96. The minimum absolute atomic E-state index is 0.331. The van der Waals surface area contributed by atoms with Crippen molar-refractivity contribution in [3.8, 4) is 11.4 Å². The van der Waals surface area contributed by atoms with Crippen LogP contribution in [-0.2, 0) is 4.79 Å². The highest BCUT2D eigenvalue weighted by molar-refractivity contribution is 9.10. The lowest BCUT2D eigenvalue weighted by Gasteiger charge is -2.10. The molecule has 2 atom stereocenters. The topological polar surface area (TPSA) is 76.2 Å². The number of carbonyl (C=O) groups is 1. The van der Waals surface area contributed by atoms with E-state index in [-0.39, 0.29) is 5.92 Å². The first-order chi connectivity index (χ1) is 9.40. The van der Waals surface area contributed by atoms with Crippen LogP contribution in [0.1, 0.15) is 31.2 Å². The molecule has 0 aliphatic carbocycles. The van der Waals surface area contributed by atoms with E-state index in [1.165, 1.54) is 0 Å². The van der Waals surface area contributed by atoms with E-state index in [9.17, 15) is 4.79 Å². The normalized spacial score (nSPS) is 14.0. The fourth-order valence-electron chi connectivity index (χ4n) is 1.70. The molecular weight excluding hydrogens is 324 g/mol. The minimum atomic E-state index is -0.879. The van der Waals surface area contributed by atoms with Gasteiger partial charge in [0.2, 0.25) is 11.7 Å². The second-order valence-corrected chi connectivity index (χ2v) is 5.69. The molecule has 1 heterocycles. The number of hydrogen-bond acceptors (Lipinski definition) is 4. The van der Waals surface area contributed by atoms with Crippen molar-refractivity contribution < 1.29 is 14.4 Å². The van der Waals surface area contributed by atoms with Gasteiger partial charge >= 0.3 is 5.97 Å². The SMILES string of the molecule is Cc1ccc(-c2noc(C(C)C(C)C(=O)O)n2)cc1Br. The summed E-state index contributed by atoms with van der Waals surface area (Å²) in [4.78, 5) is 15.3. The van der Waals surface area contributed by atoms with E-state index in [0.717, 1.165) is 15.6 Å². The Labute approximate surface area is 125 Å². The summed E-state index contributed by atoms with van der Waals surface area (Å²) in [6.45, 7) is 5.38. The average molecular weight is 339 g/mol. The predicted octanol–water partition coefficient (Wildman–Crippen LogP) is 3.63. The van der Waals surface area contributed by atoms with Crippen LogP contribution < -0.4 is 0 Å². The summed E-state index contributed by atoms with van der Waals surface area (Å²) in [7, 11) is 0. The van der Waals surface area contributed by atoms with Crippen LogP contribution in [0.3, 0.4) is 0 Å². The molecule has 0 aliphatic heterocycles. The maximum atomic E-state index is 11.0. The Morgan fingerprint density at radius 2 is 2.10 bits per heavy atom. The fraction of sp³-hybridized carbons (Fsp3) is 0.357. The number of hydrogen-bond donors (Lipinski definition) is 1. The number of nitrogens with zero attached hydrogens (tertiary/aromatic N) is 2. The van der Waals surface area contributed by atoms with Crippen molar-refractivity contribution in [2.45, 2.75) is 26.7 Å². The van der Waals surface area contributed by atoms with E-state index >= 15 is 0 Å². The molecule has 0 saturated carbocycles.